The van der Waals surface area contributed by atoms with Crippen molar-refractivity contribution in [2.24, 2.45) is 0 Å². The van der Waals surface area contributed by atoms with Gasteiger partial charge in [0.1, 0.15) is 0 Å². The monoisotopic (exact) mass is 291 g/mol. The minimum atomic E-state index is -4.83. The Labute approximate surface area is 114 Å². The van der Waals surface area contributed by atoms with Gasteiger partial charge in [0.15, 0.2) is 5.75 Å². The standard InChI is InChI=1S/C13H16F3NO3/c1-3-4-8(2)19-12(18)9-5-6-11(10(17)7-9)20-13(14,15)16/h5-8H,3-4,17H2,1-2H3. The van der Waals surface area contributed by atoms with Crippen LogP contribution in [0.5, 0.6) is 5.75 Å². The van der Waals surface area contributed by atoms with E-state index in [1.165, 1.54) is 6.07 Å². The van der Waals surface area contributed by atoms with Crippen LogP contribution in [-0.2, 0) is 4.74 Å². The summed E-state index contributed by atoms with van der Waals surface area (Å²) in [5, 5.41) is 0. The quantitative estimate of drug-likeness (QED) is 0.666. The highest BCUT2D eigenvalue weighted by molar-refractivity contribution is 5.91. The Morgan fingerprint density at radius 3 is 2.55 bits per heavy atom. The molecule has 7 heteroatoms. The molecular formula is C13H16F3NO3. The zero-order valence-electron chi connectivity index (χ0n) is 11.2. The Balaban J connectivity index is 2.79. The zero-order valence-corrected chi connectivity index (χ0v) is 11.2. The van der Waals surface area contributed by atoms with E-state index < -0.39 is 18.1 Å². The maximum Gasteiger partial charge on any atom is 0.573 e. The molecule has 112 valence electrons. The lowest BCUT2D eigenvalue weighted by Crippen LogP contribution is -2.18. The molecule has 0 fully saturated rings. The van der Waals surface area contributed by atoms with Gasteiger partial charge >= 0.3 is 12.3 Å². The summed E-state index contributed by atoms with van der Waals surface area (Å²) in [7, 11) is 0. The molecule has 2 N–H and O–H groups in total. The molecule has 1 aromatic carbocycles. The van der Waals surface area contributed by atoms with Crippen LogP contribution in [0.1, 0.15) is 37.0 Å². The predicted molar refractivity (Wildman–Crippen MR) is 67.3 cm³/mol. The van der Waals surface area contributed by atoms with Crippen molar-refractivity contribution in [1.29, 1.82) is 0 Å². The van der Waals surface area contributed by atoms with Gasteiger partial charge in [-0.15, -0.1) is 13.2 Å². The maximum atomic E-state index is 12.1. The van der Waals surface area contributed by atoms with E-state index in [9.17, 15) is 18.0 Å². The summed E-state index contributed by atoms with van der Waals surface area (Å²) in [6.45, 7) is 3.69. The first-order valence-corrected chi connectivity index (χ1v) is 6.09. The normalized spacial score (nSPS) is 12.8. The second-order valence-corrected chi connectivity index (χ2v) is 4.31. The number of nitrogens with two attached hydrogens (primary N) is 1. The highest BCUT2D eigenvalue weighted by Gasteiger charge is 2.32. The lowest BCUT2D eigenvalue weighted by atomic mass is 10.2. The fourth-order valence-corrected chi connectivity index (χ4v) is 1.61. The molecule has 20 heavy (non-hydrogen) atoms. The van der Waals surface area contributed by atoms with Crippen LogP contribution >= 0.6 is 0 Å². The van der Waals surface area contributed by atoms with Crippen molar-refractivity contribution in [1.82, 2.24) is 0 Å². The fourth-order valence-electron chi connectivity index (χ4n) is 1.61. The van der Waals surface area contributed by atoms with Crippen molar-refractivity contribution in [2.75, 3.05) is 5.73 Å². The van der Waals surface area contributed by atoms with Crippen molar-refractivity contribution in [3.63, 3.8) is 0 Å². The van der Waals surface area contributed by atoms with Crippen LogP contribution in [0.2, 0.25) is 0 Å². The molecule has 0 bridgehead atoms. The SMILES string of the molecule is CCCC(C)OC(=O)c1ccc(OC(F)(F)F)c(N)c1. The number of alkyl halides is 3. The molecule has 1 unspecified atom stereocenters. The number of ether oxygens (including phenoxy) is 2. The molecule has 0 saturated heterocycles. The molecule has 0 aliphatic rings. The van der Waals surface area contributed by atoms with Crippen LogP contribution in [-0.4, -0.2) is 18.4 Å². The molecule has 0 spiro atoms. The van der Waals surface area contributed by atoms with Crippen molar-refractivity contribution in [2.45, 2.75) is 39.2 Å². The minimum absolute atomic E-state index is 0.0833. The number of carbonyl (C=O) groups excluding carboxylic acids is 1. The maximum absolute atomic E-state index is 12.1. The first-order chi connectivity index (χ1) is 9.23. The van der Waals surface area contributed by atoms with Crippen LogP contribution in [0.25, 0.3) is 0 Å². The third kappa shape index (κ3) is 4.99. The van der Waals surface area contributed by atoms with Gasteiger partial charge in [-0.1, -0.05) is 13.3 Å². The molecule has 0 heterocycles. The van der Waals surface area contributed by atoms with Gasteiger partial charge in [0.2, 0.25) is 0 Å². The van der Waals surface area contributed by atoms with Gasteiger partial charge in [-0.3, -0.25) is 0 Å². The molecule has 1 aromatic rings. The average molecular weight is 291 g/mol. The summed E-state index contributed by atoms with van der Waals surface area (Å²) in [4.78, 5) is 11.7. The molecule has 1 rings (SSSR count). The molecular weight excluding hydrogens is 275 g/mol. The van der Waals surface area contributed by atoms with Gasteiger partial charge in [-0.05, 0) is 31.5 Å². The van der Waals surface area contributed by atoms with Crippen LogP contribution in [0.15, 0.2) is 18.2 Å². The summed E-state index contributed by atoms with van der Waals surface area (Å²) < 4.78 is 45.0. The summed E-state index contributed by atoms with van der Waals surface area (Å²) in [6.07, 6.45) is -3.53. The lowest BCUT2D eigenvalue weighted by Gasteiger charge is -2.14. The van der Waals surface area contributed by atoms with Gasteiger partial charge in [0.05, 0.1) is 17.4 Å². The van der Waals surface area contributed by atoms with Crippen LogP contribution in [0.3, 0.4) is 0 Å². The highest BCUT2D eigenvalue weighted by atomic mass is 19.4. The van der Waals surface area contributed by atoms with Gasteiger partial charge in [0.25, 0.3) is 0 Å². The van der Waals surface area contributed by atoms with Crippen LogP contribution in [0.4, 0.5) is 18.9 Å². The second-order valence-electron chi connectivity index (χ2n) is 4.31. The summed E-state index contributed by atoms with van der Waals surface area (Å²) in [5.74, 6) is -1.17. The van der Waals surface area contributed by atoms with E-state index in [0.29, 0.717) is 6.42 Å². The van der Waals surface area contributed by atoms with Crippen LogP contribution < -0.4 is 10.5 Å². The Bertz CT molecular complexity index is 474. The first-order valence-electron chi connectivity index (χ1n) is 6.09. The Kier molecular flexibility index (Phi) is 5.24. The van der Waals surface area contributed by atoms with E-state index in [-0.39, 0.29) is 17.4 Å². The fraction of sp³-hybridized carbons (Fsp3) is 0.462. The number of benzene rings is 1. The van der Waals surface area contributed by atoms with Gasteiger partial charge < -0.3 is 15.2 Å². The highest BCUT2D eigenvalue weighted by Crippen LogP contribution is 2.29. The van der Waals surface area contributed by atoms with E-state index in [4.69, 9.17) is 10.5 Å². The van der Waals surface area contributed by atoms with Crippen molar-refractivity contribution < 1.29 is 27.4 Å². The van der Waals surface area contributed by atoms with E-state index in [2.05, 4.69) is 4.74 Å². The molecule has 0 aliphatic heterocycles. The van der Waals surface area contributed by atoms with E-state index in [0.717, 1.165) is 18.6 Å². The number of rotatable bonds is 5. The zero-order chi connectivity index (χ0) is 15.3. The molecule has 0 aromatic heterocycles. The molecule has 0 amide bonds. The third-order valence-corrected chi connectivity index (χ3v) is 2.47. The topological polar surface area (TPSA) is 61.5 Å². The second kappa shape index (κ2) is 6.49. The number of hydrogen-bond acceptors (Lipinski definition) is 4. The van der Waals surface area contributed by atoms with Crippen molar-refractivity contribution in [3.8, 4) is 5.75 Å². The minimum Gasteiger partial charge on any atom is -0.459 e. The molecule has 0 aliphatic carbocycles. The Morgan fingerprint density at radius 1 is 1.40 bits per heavy atom. The number of carbonyl (C=O) groups is 1. The first kappa shape index (κ1) is 16.1. The van der Waals surface area contributed by atoms with Crippen LogP contribution in [0, 0.1) is 0 Å². The largest absolute Gasteiger partial charge is 0.573 e. The van der Waals surface area contributed by atoms with Crippen molar-refractivity contribution in [3.05, 3.63) is 23.8 Å². The molecule has 1 atom stereocenters. The predicted octanol–water partition coefficient (Wildman–Crippen LogP) is 3.51. The van der Waals surface area contributed by atoms with Gasteiger partial charge in [-0.2, -0.15) is 0 Å². The van der Waals surface area contributed by atoms with Crippen molar-refractivity contribution >= 4 is 11.7 Å². The molecule has 4 nitrogen and oxygen atoms in total. The molecule has 0 radical (unpaired) electrons. The Hall–Kier alpha value is -1.92. The number of hydrogen-bond donors (Lipinski definition) is 1. The summed E-state index contributed by atoms with van der Waals surface area (Å²) in [6, 6.07) is 3.27. The van der Waals surface area contributed by atoms with Gasteiger partial charge in [-0.25, -0.2) is 4.79 Å². The summed E-state index contributed by atoms with van der Waals surface area (Å²) >= 11 is 0. The Morgan fingerprint density at radius 2 is 2.05 bits per heavy atom. The molecule has 0 saturated carbocycles. The summed E-state index contributed by atoms with van der Waals surface area (Å²) in [5.41, 5.74) is 5.23. The number of anilines is 1. The third-order valence-electron chi connectivity index (χ3n) is 2.47. The lowest BCUT2D eigenvalue weighted by molar-refractivity contribution is -0.274. The van der Waals surface area contributed by atoms with Gasteiger partial charge in [0, 0.05) is 0 Å². The van der Waals surface area contributed by atoms with E-state index in [1.54, 1.807) is 6.92 Å². The van der Waals surface area contributed by atoms with E-state index in [1.807, 2.05) is 6.92 Å². The number of esters is 1. The number of halogens is 3. The smallest absolute Gasteiger partial charge is 0.459 e. The average Bonchev–Trinajstić information content (AvgIpc) is 2.30. The van der Waals surface area contributed by atoms with E-state index >= 15 is 0 Å². The number of nitrogen functional groups attached to an aromatic ring is 1.